The van der Waals surface area contributed by atoms with Gasteiger partial charge in [0.2, 0.25) is 5.91 Å². The summed E-state index contributed by atoms with van der Waals surface area (Å²) in [5.41, 5.74) is 5.64. The molecule has 0 aromatic carbocycles. The molecule has 1 rings (SSSR count). The van der Waals surface area contributed by atoms with Gasteiger partial charge >= 0.3 is 0 Å². The van der Waals surface area contributed by atoms with Gasteiger partial charge in [0.15, 0.2) is 0 Å². The molecule has 1 fully saturated rings. The van der Waals surface area contributed by atoms with Crippen molar-refractivity contribution in [3.63, 3.8) is 0 Å². The Morgan fingerprint density at radius 3 is 2.56 bits per heavy atom. The monoisotopic (exact) mass is 255 g/mol. The van der Waals surface area contributed by atoms with E-state index in [1.54, 1.807) is 0 Å². The predicted molar refractivity (Wildman–Crippen MR) is 75.3 cm³/mol. The molecule has 4 heteroatoms. The molecule has 3 N–H and O–H groups in total. The summed E-state index contributed by atoms with van der Waals surface area (Å²) in [6.07, 6.45) is 3.58. The summed E-state index contributed by atoms with van der Waals surface area (Å²) in [4.78, 5) is 14.4. The van der Waals surface area contributed by atoms with Crippen molar-refractivity contribution in [2.45, 2.75) is 64.6 Å². The number of amides is 1. The first-order valence-electron chi connectivity index (χ1n) is 7.00. The number of carbonyl (C=O) groups excluding carboxylic acids is 1. The van der Waals surface area contributed by atoms with Gasteiger partial charge in [-0.15, -0.1) is 0 Å². The first-order valence-corrected chi connectivity index (χ1v) is 7.00. The van der Waals surface area contributed by atoms with E-state index in [9.17, 15) is 4.79 Å². The second-order valence-electron chi connectivity index (χ2n) is 6.57. The Hall–Kier alpha value is -0.610. The summed E-state index contributed by atoms with van der Waals surface area (Å²) in [6.45, 7) is 8.73. The number of rotatable bonds is 4. The fourth-order valence-electron chi connectivity index (χ4n) is 2.77. The van der Waals surface area contributed by atoms with Crippen LogP contribution in [0.15, 0.2) is 0 Å². The standard InChI is InChI=1S/C14H29N3O/c1-10(13(18)16-14(2,3)4)17(5)12-8-6-7-11(12)9-15/h10-12H,6-9,15H2,1-5H3,(H,16,18). The van der Waals surface area contributed by atoms with Gasteiger partial charge in [-0.1, -0.05) is 6.42 Å². The zero-order valence-corrected chi connectivity index (χ0v) is 12.5. The molecule has 0 heterocycles. The summed E-state index contributed by atoms with van der Waals surface area (Å²) < 4.78 is 0. The van der Waals surface area contributed by atoms with Crippen LogP contribution in [0.5, 0.6) is 0 Å². The molecule has 0 bridgehead atoms. The van der Waals surface area contributed by atoms with E-state index in [4.69, 9.17) is 5.73 Å². The van der Waals surface area contributed by atoms with Crippen LogP contribution in [-0.4, -0.2) is 42.0 Å². The van der Waals surface area contributed by atoms with E-state index >= 15 is 0 Å². The average Bonchev–Trinajstić information content (AvgIpc) is 2.72. The number of nitrogens with two attached hydrogens (primary N) is 1. The van der Waals surface area contributed by atoms with Gasteiger partial charge in [0.1, 0.15) is 0 Å². The van der Waals surface area contributed by atoms with Gasteiger partial charge in [-0.05, 0) is 60.0 Å². The molecule has 18 heavy (non-hydrogen) atoms. The van der Waals surface area contributed by atoms with Gasteiger partial charge in [0.25, 0.3) is 0 Å². The van der Waals surface area contributed by atoms with Gasteiger partial charge in [-0.3, -0.25) is 9.69 Å². The second-order valence-corrected chi connectivity index (χ2v) is 6.57. The molecule has 0 aliphatic heterocycles. The smallest absolute Gasteiger partial charge is 0.237 e. The maximum absolute atomic E-state index is 12.2. The third kappa shape index (κ3) is 3.95. The highest BCUT2D eigenvalue weighted by Gasteiger charge is 2.34. The summed E-state index contributed by atoms with van der Waals surface area (Å²) in [5.74, 6) is 0.646. The summed E-state index contributed by atoms with van der Waals surface area (Å²) >= 11 is 0. The van der Waals surface area contributed by atoms with Crippen molar-refractivity contribution in [1.29, 1.82) is 0 Å². The molecule has 0 spiro atoms. The average molecular weight is 255 g/mol. The van der Waals surface area contributed by atoms with E-state index in [-0.39, 0.29) is 17.5 Å². The molecule has 1 aliphatic rings. The number of hydrogen-bond donors (Lipinski definition) is 2. The van der Waals surface area contributed by atoms with Gasteiger partial charge < -0.3 is 11.1 Å². The van der Waals surface area contributed by atoms with Crippen LogP contribution in [0.25, 0.3) is 0 Å². The third-order valence-electron chi connectivity index (χ3n) is 3.93. The van der Waals surface area contributed by atoms with Crippen molar-refractivity contribution in [2.24, 2.45) is 11.7 Å². The first-order chi connectivity index (χ1) is 8.26. The highest BCUT2D eigenvalue weighted by Crippen LogP contribution is 2.29. The lowest BCUT2D eigenvalue weighted by atomic mass is 10.0. The molecule has 4 nitrogen and oxygen atoms in total. The highest BCUT2D eigenvalue weighted by atomic mass is 16.2. The van der Waals surface area contributed by atoms with E-state index in [1.807, 2.05) is 34.7 Å². The fourth-order valence-corrected chi connectivity index (χ4v) is 2.77. The van der Waals surface area contributed by atoms with Gasteiger partial charge in [0.05, 0.1) is 6.04 Å². The topological polar surface area (TPSA) is 58.4 Å². The van der Waals surface area contributed by atoms with Crippen LogP contribution in [0.1, 0.15) is 47.0 Å². The molecule has 3 unspecified atom stereocenters. The number of carbonyl (C=O) groups is 1. The zero-order valence-electron chi connectivity index (χ0n) is 12.5. The normalized spacial score (nSPS) is 26.4. The van der Waals surface area contributed by atoms with Gasteiger partial charge in [-0.2, -0.15) is 0 Å². The second kappa shape index (κ2) is 6.02. The molecule has 0 radical (unpaired) electrons. The van der Waals surface area contributed by atoms with Crippen molar-refractivity contribution in [2.75, 3.05) is 13.6 Å². The van der Waals surface area contributed by atoms with Gasteiger partial charge in [0, 0.05) is 11.6 Å². The molecule has 1 aliphatic carbocycles. The minimum absolute atomic E-state index is 0.0959. The van der Waals surface area contributed by atoms with Crippen molar-refractivity contribution in [1.82, 2.24) is 10.2 Å². The molecule has 0 aromatic rings. The molecule has 3 atom stereocenters. The minimum Gasteiger partial charge on any atom is -0.350 e. The highest BCUT2D eigenvalue weighted by molar-refractivity contribution is 5.81. The number of nitrogens with zero attached hydrogens (tertiary/aromatic N) is 1. The van der Waals surface area contributed by atoms with Crippen molar-refractivity contribution >= 4 is 5.91 Å². The summed E-state index contributed by atoms with van der Waals surface area (Å²) in [5, 5.41) is 3.04. The molecular formula is C14H29N3O. The molecule has 1 saturated carbocycles. The van der Waals surface area contributed by atoms with Crippen LogP contribution in [0.4, 0.5) is 0 Å². The van der Waals surface area contributed by atoms with Gasteiger partial charge in [-0.25, -0.2) is 0 Å². The van der Waals surface area contributed by atoms with E-state index in [1.165, 1.54) is 12.8 Å². The number of hydrogen-bond acceptors (Lipinski definition) is 3. The van der Waals surface area contributed by atoms with E-state index in [0.717, 1.165) is 13.0 Å². The Balaban J connectivity index is 2.60. The maximum atomic E-state index is 12.2. The largest absolute Gasteiger partial charge is 0.350 e. The van der Waals surface area contributed by atoms with Crippen molar-refractivity contribution in [3.05, 3.63) is 0 Å². The molecule has 106 valence electrons. The van der Waals surface area contributed by atoms with E-state index < -0.39 is 0 Å². The van der Waals surface area contributed by atoms with Crippen LogP contribution < -0.4 is 11.1 Å². The Kier molecular flexibility index (Phi) is 5.17. The Morgan fingerprint density at radius 2 is 2.06 bits per heavy atom. The van der Waals surface area contributed by atoms with E-state index in [0.29, 0.717) is 12.0 Å². The number of nitrogens with one attached hydrogen (secondary N) is 1. The van der Waals surface area contributed by atoms with Crippen molar-refractivity contribution < 1.29 is 4.79 Å². The lowest BCUT2D eigenvalue weighted by Gasteiger charge is -2.34. The zero-order chi connectivity index (χ0) is 13.9. The van der Waals surface area contributed by atoms with Crippen LogP contribution in [0.2, 0.25) is 0 Å². The van der Waals surface area contributed by atoms with Crippen LogP contribution in [-0.2, 0) is 4.79 Å². The molecule has 0 aromatic heterocycles. The predicted octanol–water partition coefficient (Wildman–Crippen LogP) is 1.35. The Labute approximate surface area is 111 Å². The summed E-state index contributed by atoms with van der Waals surface area (Å²) in [7, 11) is 2.05. The molecule has 0 saturated heterocycles. The SMILES string of the molecule is CC(C(=O)NC(C)(C)C)N(C)C1CCCC1CN. The van der Waals surface area contributed by atoms with Crippen LogP contribution in [0, 0.1) is 5.92 Å². The first kappa shape index (κ1) is 15.4. The summed E-state index contributed by atoms with van der Waals surface area (Å²) in [6, 6.07) is 0.358. The van der Waals surface area contributed by atoms with Crippen LogP contribution in [0.3, 0.4) is 0 Å². The van der Waals surface area contributed by atoms with Crippen molar-refractivity contribution in [3.8, 4) is 0 Å². The number of likely N-dealkylation sites (N-methyl/N-ethyl adjacent to an activating group) is 1. The lowest BCUT2D eigenvalue weighted by molar-refractivity contribution is -0.127. The quantitative estimate of drug-likeness (QED) is 0.797. The lowest BCUT2D eigenvalue weighted by Crippen LogP contribution is -2.53. The molecule has 1 amide bonds. The molecular weight excluding hydrogens is 226 g/mol. The maximum Gasteiger partial charge on any atom is 0.237 e. The van der Waals surface area contributed by atoms with E-state index in [2.05, 4.69) is 10.2 Å². The fraction of sp³-hybridized carbons (Fsp3) is 0.929. The minimum atomic E-state index is -0.171. The third-order valence-corrected chi connectivity index (χ3v) is 3.93. The Bertz CT molecular complexity index is 285. The Morgan fingerprint density at radius 1 is 1.44 bits per heavy atom. The van der Waals surface area contributed by atoms with Crippen LogP contribution >= 0.6 is 0 Å².